The quantitative estimate of drug-likeness (QED) is 0.541. The highest BCUT2D eigenvalue weighted by Gasteiger charge is 2.21. The van der Waals surface area contributed by atoms with E-state index in [4.69, 9.17) is 16.3 Å². The van der Waals surface area contributed by atoms with Crippen molar-refractivity contribution >= 4 is 43.0 Å². The molecule has 0 aliphatic rings. The van der Waals surface area contributed by atoms with Gasteiger partial charge >= 0.3 is 0 Å². The van der Waals surface area contributed by atoms with Crippen LogP contribution >= 0.6 is 11.6 Å². The summed E-state index contributed by atoms with van der Waals surface area (Å²) in [6.07, 6.45) is 0. The second-order valence-corrected chi connectivity index (χ2v) is 10.1. The van der Waals surface area contributed by atoms with Crippen LogP contribution in [0.2, 0.25) is 5.02 Å². The zero-order chi connectivity index (χ0) is 21.9. The first-order valence-corrected chi connectivity index (χ1v) is 12.0. The molecule has 10 heteroatoms. The molecule has 0 saturated carbocycles. The standard InChI is InChI=1S/C20H19ClN2O5S2/c1-14-10-11-16(22-29(24,25)17-7-5-6-15(21)12-17)13-20(14)30(26,27)23-18-8-3-4-9-19(18)28-2/h3-13,22-23H,1-2H3. The Kier molecular flexibility index (Phi) is 6.25. The first-order chi connectivity index (χ1) is 14.1. The van der Waals surface area contributed by atoms with Gasteiger partial charge in [0.05, 0.1) is 28.3 Å². The van der Waals surface area contributed by atoms with Gasteiger partial charge in [-0.2, -0.15) is 0 Å². The Morgan fingerprint density at radius 3 is 2.27 bits per heavy atom. The molecule has 7 nitrogen and oxygen atoms in total. The van der Waals surface area contributed by atoms with Crippen LogP contribution in [0.15, 0.2) is 76.5 Å². The van der Waals surface area contributed by atoms with Crippen LogP contribution in [-0.4, -0.2) is 23.9 Å². The van der Waals surface area contributed by atoms with Crippen LogP contribution in [0.3, 0.4) is 0 Å². The normalized spacial score (nSPS) is 11.7. The number of halogens is 1. The number of sulfonamides is 2. The molecule has 0 atom stereocenters. The fourth-order valence-corrected chi connectivity index (χ4v) is 5.42. The molecule has 158 valence electrons. The topological polar surface area (TPSA) is 102 Å². The summed E-state index contributed by atoms with van der Waals surface area (Å²) in [7, 11) is -6.53. The van der Waals surface area contributed by atoms with E-state index in [9.17, 15) is 16.8 Å². The van der Waals surface area contributed by atoms with E-state index in [0.717, 1.165) is 0 Å². The molecule has 3 rings (SSSR count). The minimum absolute atomic E-state index is 0.0351. The molecule has 3 aromatic rings. The number of ether oxygens (including phenoxy) is 1. The van der Waals surface area contributed by atoms with Crippen molar-refractivity contribution in [2.75, 3.05) is 16.6 Å². The molecule has 0 spiro atoms. The fraction of sp³-hybridized carbons (Fsp3) is 0.100. The van der Waals surface area contributed by atoms with Crippen LogP contribution in [0.5, 0.6) is 5.75 Å². The maximum Gasteiger partial charge on any atom is 0.262 e. The summed E-state index contributed by atoms with van der Waals surface area (Å²) in [5, 5.41) is 0.269. The van der Waals surface area contributed by atoms with Gasteiger partial charge < -0.3 is 4.74 Å². The number of anilines is 2. The van der Waals surface area contributed by atoms with Crippen LogP contribution in [0.1, 0.15) is 5.56 Å². The number of benzene rings is 3. The van der Waals surface area contributed by atoms with Gasteiger partial charge in [-0.15, -0.1) is 0 Å². The minimum atomic E-state index is -4.01. The van der Waals surface area contributed by atoms with E-state index in [-0.39, 0.29) is 26.2 Å². The highest BCUT2D eigenvalue weighted by molar-refractivity contribution is 7.93. The number of nitrogens with one attached hydrogen (secondary N) is 2. The number of hydrogen-bond acceptors (Lipinski definition) is 5. The largest absolute Gasteiger partial charge is 0.495 e. The molecular weight excluding hydrogens is 448 g/mol. The number of methoxy groups -OCH3 is 1. The van der Waals surface area contributed by atoms with Crippen molar-refractivity contribution < 1.29 is 21.6 Å². The molecule has 0 unspecified atom stereocenters. The van der Waals surface area contributed by atoms with Crippen LogP contribution in [0, 0.1) is 6.92 Å². The lowest BCUT2D eigenvalue weighted by atomic mass is 10.2. The Morgan fingerprint density at radius 1 is 0.833 bits per heavy atom. The minimum Gasteiger partial charge on any atom is -0.495 e. The molecule has 0 heterocycles. The fourth-order valence-electron chi connectivity index (χ4n) is 2.73. The summed E-state index contributed by atoms with van der Waals surface area (Å²) in [4.78, 5) is -0.105. The van der Waals surface area contributed by atoms with Crippen molar-refractivity contribution in [3.8, 4) is 5.75 Å². The summed E-state index contributed by atoms with van der Waals surface area (Å²) in [5.41, 5.74) is 0.813. The Morgan fingerprint density at radius 2 is 1.57 bits per heavy atom. The van der Waals surface area contributed by atoms with Gasteiger partial charge in [-0.3, -0.25) is 9.44 Å². The van der Waals surface area contributed by atoms with Crippen molar-refractivity contribution in [1.82, 2.24) is 0 Å². The molecule has 0 aliphatic carbocycles. The third-order valence-corrected chi connectivity index (χ3v) is 7.31. The highest BCUT2D eigenvalue weighted by Crippen LogP contribution is 2.29. The van der Waals surface area contributed by atoms with Crippen molar-refractivity contribution in [3.63, 3.8) is 0 Å². The van der Waals surface area contributed by atoms with Gasteiger partial charge in [-0.25, -0.2) is 16.8 Å². The molecule has 30 heavy (non-hydrogen) atoms. The summed E-state index contributed by atoms with van der Waals surface area (Å²) in [6, 6.07) is 16.6. The summed E-state index contributed by atoms with van der Waals surface area (Å²) in [6.45, 7) is 1.62. The van der Waals surface area contributed by atoms with E-state index in [1.54, 1.807) is 37.3 Å². The Labute approximate surface area is 180 Å². The number of aryl methyl sites for hydroxylation is 1. The molecule has 0 bridgehead atoms. The van der Waals surface area contributed by atoms with Crippen LogP contribution in [0.4, 0.5) is 11.4 Å². The zero-order valence-electron chi connectivity index (χ0n) is 16.1. The van der Waals surface area contributed by atoms with E-state index in [1.165, 1.54) is 43.5 Å². The van der Waals surface area contributed by atoms with Gasteiger partial charge in [0.15, 0.2) is 0 Å². The first-order valence-electron chi connectivity index (χ1n) is 8.67. The first kappa shape index (κ1) is 21.9. The van der Waals surface area contributed by atoms with Crippen molar-refractivity contribution in [2.45, 2.75) is 16.7 Å². The molecule has 3 aromatic carbocycles. The second kappa shape index (κ2) is 8.55. The van der Waals surface area contributed by atoms with Crippen LogP contribution < -0.4 is 14.2 Å². The Bertz CT molecular complexity index is 1290. The lowest BCUT2D eigenvalue weighted by molar-refractivity contribution is 0.417. The molecule has 0 amide bonds. The Hall–Kier alpha value is -2.75. The third kappa shape index (κ3) is 4.86. The average molecular weight is 467 g/mol. The molecule has 0 aromatic heterocycles. The van der Waals surface area contributed by atoms with Crippen molar-refractivity contribution in [1.29, 1.82) is 0 Å². The lowest BCUT2D eigenvalue weighted by Crippen LogP contribution is -2.17. The summed E-state index contributed by atoms with van der Waals surface area (Å²) in [5.74, 6) is 0.358. The maximum atomic E-state index is 13.0. The van der Waals surface area contributed by atoms with Gasteiger partial charge in [0.2, 0.25) is 0 Å². The van der Waals surface area contributed by atoms with Gasteiger partial charge in [0, 0.05) is 5.02 Å². The monoisotopic (exact) mass is 466 g/mol. The number of hydrogen-bond donors (Lipinski definition) is 2. The van der Waals surface area contributed by atoms with Gasteiger partial charge in [-0.05, 0) is 55.0 Å². The smallest absolute Gasteiger partial charge is 0.262 e. The van der Waals surface area contributed by atoms with E-state index in [2.05, 4.69) is 9.44 Å². The highest BCUT2D eigenvalue weighted by atomic mass is 35.5. The summed E-state index contributed by atoms with van der Waals surface area (Å²) >= 11 is 5.87. The SMILES string of the molecule is COc1ccccc1NS(=O)(=O)c1cc(NS(=O)(=O)c2cccc(Cl)c2)ccc1C. The lowest BCUT2D eigenvalue weighted by Gasteiger charge is -2.15. The predicted molar refractivity (Wildman–Crippen MR) is 117 cm³/mol. The Balaban J connectivity index is 1.95. The predicted octanol–water partition coefficient (Wildman–Crippen LogP) is 4.26. The second-order valence-electron chi connectivity index (χ2n) is 6.35. The maximum absolute atomic E-state index is 13.0. The van der Waals surface area contributed by atoms with Gasteiger partial charge in [-0.1, -0.05) is 35.9 Å². The molecular formula is C20H19ClN2O5S2. The van der Waals surface area contributed by atoms with E-state index in [0.29, 0.717) is 11.3 Å². The van der Waals surface area contributed by atoms with E-state index in [1.807, 2.05) is 0 Å². The molecule has 0 saturated heterocycles. The van der Waals surface area contributed by atoms with Crippen molar-refractivity contribution in [2.24, 2.45) is 0 Å². The molecule has 0 aliphatic heterocycles. The van der Waals surface area contributed by atoms with E-state index < -0.39 is 20.0 Å². The number of para-hydroxylation sites is 2. The van der Waals surface area contributed by atoms with Crippen molar-refractivity contribution in [3.05, 3.63) is 77.3 Å². The van der Waals surface area contributed by atoms with E-state index >= 15 is 0 Å². The average Bonchev–Trinajstić information content (AvgIpc) is 2.69. The third-order valence-electron chi connectivity index (χ3n) is 4.19. The van der Waals surface area contributed by atoms with Gasteiger partial charge in [0.1, 0.15) is 5.75 Å². The number of rotatable bonds is 7. The summed E-state index contributed by atoms with van der Waals surface area (Å²) < 4.78 is 61.2. The molecule has 0 radical (unpaired) electrons. The van der Waals surface area contributed by atoms with Gasteiger partial charge in [0.25, 0.3) is 20.0 Å². The van der Waals surface area contributed by atoms with Crippen LogP contribution in [-0.2, 0) is 20.0 Å². The molecule has 2 N–H and O–H groups in total. The van der Waals surface area contributed by atoms with Crippen LogP contribution in [0.25, 0.3) is 0 Å². The zero-order valence-corrected chi connectivity index (χ0v) is 18.5. The molecule has 0 fully saturated rings.